The fraction of sp³-hybridized carbons (Fsp3) is 0.308. The highest BCUT2D eigenvalue weighted by atomic mass is 16.3. The monoisotopic (exact) mass is 201 g/mol. The number of benzene rings is 1. The molecule has 2 atom stereocenters. The molecule has 78 valence electrons. The number of nitrogens with zero attached hydrogens (tertiary/aromatic N) is 1. The Morgan fingerprint density at radius 2 is 2.07 bits per heavy atom. The smallest absolute Gasteiger partial charge is 0.0991 e. The molecule has 0 radical (unpaired) electrons. The molecule has 15 heavy (non-hydrogen) atoms. The van der Waals surface area contributed by atoms with Gasteiger partial charge in [-0.1, -0.05) is 25.1 Å². The molecule has 0 aliphatic carbocycles. The minimum Gasteiger partial charge on any atom is -0.388 e. The molecule has 1 aromatic carbocycles. The van der Waals surface area contributed by atoms with Crippen molar-refractivity contribution < 1.29 is 5.11 Å². The molecule has 0 heterocycles. The molecular formula is C13H15NO. The molecule has 0 fully saturated rings. The van der Waals surface area contributed by atoms with E-state index in [1.807, 2.05) is 13.0 Å². The number of hydrogen-bond acceptors (Lipinski definition) is 2. The Hall–Kier alpha value is -1.59. The fourth-order valence-corrected chi connectivity index (χ4v) is 1.52. The van der Waals surface area contributed by atoms with Crippen molar-refractivity contribution in [3.05, 3.63) is 48.0 Å². The topological polar surface area (TPSA) is 44.0 Å². The summed E-state index contributed by atoms with van der Waals surface area (Å²) in [5.41, 5.74) is 1.44. The van der Waals surface area contributed by atoms with E-state index in [4.69, 9.17) is 5.26 Å². The van der Waals surface area contributed by atoms with Gasteiger partial charge >= 0.3 is 0 Å². The van der Waals surface area contributed by atoms with Crippen molar-refractivity contribution in [2.75, 3.05) is 0 Å². The molecule has 0 spiro atoms. The quantitative estimate of drug-likeness (QED) is 0.761. The third-order valence-electron chi connectivity index (χ3n) is 2.56. The molecule has 2 heteroatoms. The first-order valence-electron chi connectivity index (χ1n) is 5.03. The fourth-order valence-electron chi connectivity index (χ4n) is 1.52. The van der Waals surface area contributed by atoms with Gasteiger partial charge in [0, 0.05) is 5.92 Å². The molecule has 1 aromatic rings. The van der Waals surface area contributed by atoms with E-state index >= 15 is 0 Å². The molecule has 0 saturated carbocycles. The summed E-state index contributed by atoms with van der Waals surface area (Å²) in [6.45, 7) is 5.71. The third-order valence-corrected chi connectivity index (χ3v) is 2.56. The van der Waals surface area contributed by atoms with Crippen LogP contribution in [0.5, 0.6) is 0 Å². The second kappa shape index (κ2) is 5.33. The Morgan fingerprint density at radius 3 is 2.47 bits per heavy atom. The molecule has 2 unspecified atom stereocenters. The van der Waals surface area contributed by atoms with Crippen LogP contribution in [0.25, 0.3) is 0 Å². The molecule has 1 rings (SSSR count). The number of hydrogen-bond donors (Lipinski definition) is 1. The second-order valence-corrected chi connectivity index (χ2v) is 3.49. The van der Waals surface area contributed by atoms with Gasteiger partial charge in [0.15, 0.2) is 0 Å². The van der Waals surface area contributed by atoms with Crippen molar-refractivity contribution in [2.45, 2.75) is 19.4 Å². The van der Waals surface area contributed by atoms with Gasteiger partial charge in [0.1, 0.15) is 0 Å². The van der Waals surface area contributed by atoms with E-state index in [1.54, 1.807) is 30.3 Å². The highest BCUT2D eigenvalue weighted by molar-refractivity contribution is 5.32. The van der Waals surface area contributed by atoms with Gasteiger partial charge in [0.05, 0.1) is 17.7 Å². The van der Waals surface area contributed by atoms with Crippen LogP contribution in [-0.4, -0.2) is 5.11 Å². The van der Waals surface area contributed by atoms with Crippen molar-refractivity contribution in [2.24, 2.45) is 5.92 Å². The van der Waals surface area contributed by atoms with Crippen molar-refractivity contribution >= 4 is 0 Å². The standard InChI is InChI=1S/C13H15NO/c1-3-11(4-2)13(15)12-7-5-10(9-14)6-8-12/h3,5-8,11,13,15H,1,4H2,2H3. The predicted octanol–water partition coefficient (Wildman–Crippen LogP) is 2.80. The Kier molecular flexibility index (Phi) is 4.08. The zero-order valence-corrected chi connectivity index (χ0v) is 8.85. The van der Waals surface area contributed by atoms with Crippen LogP contribution in [0.15, 0.2) is 36.9 Å². The van der Waals surface area contributed by atoms with E-state index in [9.17, 15) is 5.11 Å². The summed E-state index contributed by atoms with van der Waals surface area (Å²) < 4.78 is 0. The highest BCUT2D eigenvalue weighted by Crippen LogP contribution is 2.25. The Bertz CT molecular complexity index is 361. The van der Waals surface area contributed by atoms with E-state index < -0.39 is 6.10 Å². The summed E-state index contributed by atoms with van der Waals surface area (Å²) in [6.07, 6.45) is 2.09. The Balaban J connectivity index is 2.87. The van der Waals surface area contributed by atoms with Crippen molar-refractivity contribution in [3.8, 4) is 6.07 Å². The number of rotatable bonds is 4. The zero-order valence-electron chi connectivity index (χ0n) is 8.85. The molecule has 0 saturated heterocycles. The van der Waals surface area contributed by atoms with Crippen molar-refractivity contribution in [3.63, 3.8) is 0 Å². The summed E-state index contributed by atoms with van der Waals surface area (Å²) in [5, 5.41) is 18.6. The minimum absolute atomic E-state index is 0.0675. The molecule has 2 nitrogen and oxygen atoms in total. The van der Waals surface area contributed by atoms with Crippen LogP contribution in [0.3, 0.4) is 0 Å². The van der Waals surface area contributed by atoms with Gasteiger partial charge in [-0.25, -0.2) is 0 Å². The summed E-state index contributed by atoms with van der Waals surface area (Å²) in [6, 6.07) is 9.06. The lowest BCUT2D eigenvalue weighted by Gasteiger charge is -2.18. The van der Waals surface area contributed by atoms with Gasteiger partial charge in [-0.05, 0) is 24.1 Å². The average molecular weight is 201 g/mol. The minimum atomic E-state index is -0.528. The average Bonchev–Trinajstić information content (AvgIpc) is 2.30. The normalized spacial score (nSPS) is 13.9. The molecule has 1 N–H and O–H groups in total. The van der Waals surface area contributed by atoms with Gasteiger partial charge in [0.2, 0.25) is 0 Å². The van der Waals surface area contributed by atoms with E-state index in [-0.39, 0.29) is 5.92 Å². The van der Waals surface area contributed by atoms with Gasteiger partial charge < -0.3 is 5.11 Å². The van der Waals surface area contributed by atoms with Crippen LogP contribution in [0.4, 0.5) is 0 Å². The van der Waals surface area contributed by atoms with E-state index in [0.717, 1.165) is 12.0 Å². The lowest BCUT2D eigenvalue weighted by Crippen LogP contribution is -2.08. The lowest BCUT2D eigenvalue weighted by atomic mass is 9.93. The largest absolute Gasteiger partial charge is 0.388 e. The van der Waals surface area contributed by atoms with Crippen molar-refractivity contribution in [1.29, 1.82) is 5.26 Å². The first kappa shape index (κ1) is 11.5. The SMILES string of the molecule is C=CC(CC)C(O)c1ccc(C#N)cc1. The highest BCUT2D eigenvalue weighted by Gasteiger charge is 2.15. The summed E-state index contributed by atoms with van der Waals surface area (Å²) in [5.74, 6) is 0.0675. The zero-order chi connectivity index (χ0) is 11.3. The molecule has 0 aromatic heterocycles. The van der Waals surface area contributed by atoms with E-state index in [0.29, 0.717) is 5.56 Å². The maximum atomic E-state index is 9.99. The van der Waals surface area contributed by atoms with Crippen LogP contribution in [0.2, 0.25) is 0 Å². The Morgan fingerprint density at radius 1 is 1.47 bits per heavy atom. The summed E-state index contributed by atoms with van der Waals surface area (Å²) in [4.78, 5) is 0. The van der Waals surface area contributed by atoms with Gasteiger partial charge in [-0.3, -0.25) is 0 Å². The molecule has 0 amide bonds. The van der Waals surface area contributed by atoms with E-state index in [1.165, 1.54) is 0 Å². The van der Waals surface area contributed by atoms with Crippen LogP contribution in [0.1, 0.15) is 30.6 Å². The number of aliphatic hydroxyl groups excluding tert-OH is 1. The lowest BCUT2D eigenvalue weighted by molar-refractivity contribution is 0.129. The maximum Gasteiger partial charge on any atom is 0.0991 e. The van der Waals surface area contributed by atoms with E-state index in [2.05, 4.69) is 6.58 Å². The molecule has 0 bridgehead atoms. The maximum absolute atomic E-state index is 9.99. The number of aliphatic hydroxyl groups is 1. The van der Waals surface area contributed by atoms with Gasteiger partial charge in [-0.15, -0.1) is 6.58 Å². The van der Waals surface area contributed by atoms with Crippen molar-refractivity contribution in [1.82, 2.24) is 0 Å². The van der Waals surface area contributed by atoms with Crippen LogP contribution >= 0.6 is 0 Å². The second-order valence-electron chi connectivity index (χ2n) is 3.49. The predicted molar refractivity (Wildman–Crippen MR) is 60.1 cm³/mol. The van der Waals surface area contributed by atoms with Crippen LogP contribution < -0.4 is 0 Å². The summed E-state index contributed by atoms with van der Waals surface area (Å²) >= 11 is 0. The first-order valence-corrected chi connectivity index (χ1v) is 5.03. The number of nitriles is 1. The molecular weight excluding hydrogens is 186 g/mol. The summed E-state index contributed by atoms with van der Waals surface area (Å²) in [7, 11) is 0. The third kappa shape index (κ3) is 2.68. The van der Waals surface area contributed by atoms with Crippen LogP contribution in [-0.2, 0) is 0 Å². The van der Waals surface area contributed by atoms with Gasteiger partial charge in [-0.2, -0.15) is 5.26 Å². The first-order chi connectivity index (χ1) is 7.22. The Labute approximate surface area is 90.5 Å². The molecule has 0 aliphatic heterocycles. The molecule has 0 aliphatic rings. The van der Waals surface area contributed by atoms with Gasteiger partial charge in [0.25, 0.3) is 0 Å². The van der Waals surface area contributed by atoms with Crippen LogP contribution in [0, 0.1) is 17.2 Å².